The van der Waals surface area contributed by atoms with Crippen LogP contribution in [0.4, 0.5) is 33.0 Å². The van der Waals surface area contributed by atoms with E-state index in [1.165, 1.54) is 29.3 Å². The lowest BCUT2D eigenvalue weighted by Crippen LogP contribution is -2.60. The van der Waals surface area contributed by atoms with Crippen LogP contribution in [0.2, 0.25) is 0 Å². The number of hydrogen-bond acceptors (Lipinski definition) is 11. The van der Waals surface area contributed by atoms with Crippen molar-refractivity contribution in [1.29, 1.82) is 0 Å². The summed E-state index contributed by atoms with van der Waals surface area (Å²) >= 11 is 0. The number of aromatic nitrogens is 3. The van der Waals surface area contributed by atoms with Crippen molar-refractivity contribution in [2.24, 2.45) is 0 Å². The molecule has 310 valence electrons. The number of piperidine rings is 1. The first-order valence-electron chi connectivity index (χ1n) is 19.9. The second-order valence-corrected chi connectivity index (χ2v) is 16.5. The van der Waals surface area contributed by atoms with Gasteiger partial charge in [0.15, 0.2) is 5.82 Å². The van der Waals surface area contributed by atoms with E-state index >= 15 is 13.2 Å². The highest BCUT2D eigenvalue weighted by Crippen LogP contribution is 2.43. The molecule has 0 unspecified atom stereocenters. The van der Waals surface area contributed by atoms with E-state index in [1.807, 2.05) is 0 Å². The molecule has 10 rings (SSSR count). The summed E-state index contributed by atoms with van der Waals surface area (Å²) in [7, 11) is 1.55. The van der Waals surface area contributed by atoms with Crippen molar-refractivity contribution in [3.05, 3.63) is 47.7 Å². The quantitative estimate of drug-likeness (QED) is 0.214. The number of alkyl carbamates (subject to hydrolysis) is 1. The van der Waals surface area contributed by atoms with Crippen LogP contribution in [0.1, 0.15) is 52.4 Å². The Hall–Kier alpha value is -5.03. The minimum absolute atomic E-state index is 0. The minimum atomic E-state index is -1.42. The Morgan fingerprint density at radius 3 is 2.76 bits per heavy atom. The number of fused-ring (bicyclic) bond motifs is 7. The van der Waals surface area contributed by atoms with E-state index in [0.717, 1.165) is 19.4 Å². The number of ether oxygens (including phenoxy) is 4. The standard InChI is InChI=1S/C41H45F4N7O6.H2/c1-40-15-24(42)18-50(21-40)36-30-17-46-34(33(45)35(30)47-37(48-36)57-22-41-9-4-10-51(41)19-25(43)16-41)29-14-27(58-39(54)52-11-8-26(52)20-55-2)13-23-6-7-31(44)28(32(23)29)5-3-12-56-38(53)49-40;/h6-7,13-14,17,24-26H,3-5,8-12,15-16,18-22H2,1-2H3,(H,49,53);1H/t24-,25-,26-,40-,41+;/m1./s1. The van der Waals surface area contributed by atoms with Crippen LogP contribution in [0.15, 0.2) is 30.5 Å². The second-order valence-electron chi connectivity index (χ2n) is 16.5. The zero-order chi connectivity index (χ0) is 40.3. The first-order chi connectivity index (χ1) is 27.9. The van der Waals surface area contributed by atoms with Crippen molar-refractivity contribution in [3.8, 4) is 23.0 Å². The molecule has 6 aliphatic heterocycles. The third-order valence-corrected chi connectivity index (χ3v) is 12.4. The number of halogens is 4. The number of pyridine rings is 1. The number of alkyl halides is 2. The van der Waals surface area contributed by atoms with Crippen LogP contribution in [0.25, 0.3) is 32.9 Å². The van der Waals surface area contributed by atoms with Gasteiger partial charge in [0.25, 0.3) is 0 Å². The fourth-order valence-corrected chi connectivity index (χ4v) is 9.64. The maximum atomic E-state index is 17.5. The van der Waals surface area contributed by atoms with E-state index in [0.29, 0.717) is 36.9 Å². The van der Waals surface area contributed by atoms with E-state index < -0.39 is 47.2 Å². The fraction of sp³-hybridized carbons (Fsp3) is 0.537. The summed E-state index contributed by atoms with van der Waals surface area (Å²) in [5.41, 5.74) is -1.76. The molecule has 4 fully saturated rings. The van der Waals surface area contributed by atoms with Gasteiger partial charge in [0.2, 0.25) is 0 Å². The number of amides is 2. The molecule has 58 heavy (non-hydrogen) atoms. The molecule has 5 atom stereocenters. The molecular weight excluding hydrogens is 762 g/mol. The summed E-state index contributed by atoms with van der Waals surface area (Å²) < 4.78 is 86.6. The largest absolute Gasteiger partial charge is 0.461 e. The molecule has 0 saturated carbocycles. The SMILES string of the molecule is COC[C@H]1CCN1C(=O)Oc1cc2c3c(c(F)ccc3c1)CCCOC(=O)N[C@]1(C)C[C@@H](F)CN(C1)c1nc(OC[C@@]34CCCN3C[C@H](F)C4)nc3c(F)c-2ncc13.[HH]. The lowest BCUT2D eigenvalue weighted by atomic mass is 9.90. The van der Waals surface area contributed by atoms with E-state index in [2.05, 4.69) is 20.2 Å². The molecule has 4 aromatic rings. The molecule has 8 heterocycles. The number of nitrogens with zero attached hydrogens (tertiary/aromatic N) is 6. The van der Waals surface area contributed by atoms with Crippen LogP contribution in [-0.4, -0.2) is 126 Å². The Kier molecular flexibility index (Phi) is 9.93. The highest BCUT2D eigenvalue weighted by molar-refractivity contribution is 6.02. The highest BCUT2D eigenvalue weighted by atomic mass is 19.1. The van der Waals surface area contributed by atoms with Crippen LogP contribution in [-0.2, 0) is 15.9 Å². The normalized spacial score (nSPS) is 27.3. The Morgan fingerprint density at radius 2 is 1.95 bits per heavy atom. The Labute approximate surface area is 333 Å². The van der Waals surface area contributed by atoms with Gasteiger partial charge in [-0.25, -0.2) is 27.2 Å². The van der Waals surface area contributed by atoms with Gasteiger partial charge in [-0.1, -0.05) is 6.07 Å². The van der Waals surface area contributed by atoms with Gasteiger partial charge in [0.05, 0.1) is 42.3 Å². The number of hydrogen-bond donors (Lipinski definition) is 1. The molecule has 2 aromatic heterocycles. The smallest absolute Gasteiger partial charge is 0.415 e. The maximum Gasteiger partial charge on any atom is 0.415 e. The molecular formula is C41H47F4N7O6. The van der Waals surface area contributed by atoms with Crippen LogP contribution in [0.3, 0.4) is 0 Å². The highest BCUT2D eigenvalue weighted by Gasteiger charge is 2.49. The number of anilines is 1. The van der Waals surface area contributed by atoms with Crippen molar-refractivity contribution in [1.82, 2.24) is 30.1 Å². The number of carbonyl (C=O) groups excluding carboxylic acids is 2. The van der Waals surface area contributed by atoms with Crippen molar-refractivity contribution >= 4 is 39.7 Å². The van der Waals surface area contributed by atoms with Crippen molar-refractivity contribution in [3.63, 3.8) is 0 Å². The van der Waals surface area contributed by atoms with Gasteiger partial charge in [-0.2, -0.15) is 9.97 Å². The molecule has 13 nitrogen and oxygen atoms in total. The first-order valence-corrected chi connectivity index (χ1v) is 19.9. The Balaban J connectivity index is 0.00000484. The summed E-state index contributed by atoms with van der Waals surface area (Å²) in [6.45, 7) is 3.44. The van der Waals surface area contributed by atoms with Crippen LogP contribution < -0.4 is 19.7 Å². The first kappa shape index (κ1) is 38.5. The van der Waals surface area contributed by atoms with Gasteiger partial charge in [0, 0.05) is 52.8 Å². The van der Waals surface area contributed by atoms with Crippen LogP contribution in [0, 0.1) is 11.6 Å². The molecule has 2 amide bonds. The number of rotatable bonds is 6. The number of carbonyl (C=O) groups is 2. The zero-order valence-electron chi connectivity index (χ0n) is 32.4. The topological polar surface area (TPSA) is 131 Å². The molecule has 0 aliphatic carbocycles. The summed E-state index contributed by atoms with van der Waals surface area (Å²) in [4.78, 5) is 45.5. The number of likely N-dealkylation sites (tertiary alicyclic amines) is 1. The van der Waals surface area contributed by atoms with Gasteiger partial charge in [-0.15, -0.1) is 0 Å². The number of benzene rings is 2. The summed E-state index contributed by atoms with van der Waals surface area (Å²) in [5.74, 6) is -1.26. The van der Waals surface area contributed by atoms with Crippen molar-refractivity contribution < 1.29 is 47.5 Å². The van der Waals surface area contributed by atoms with Gasteiger partial charge in [-0.3, -0.25) is 9.88 Å². The molecule has 0 radical (unpaired) electrons. The molecule has 6 bridgehead atoms. The summed E-state index contributed by atoms with van der Waals surface area (Å²) in [5, 5.41) is 3.72. The fourth-order valence-electron chi connectivity index (χ4n) is 9.64. The van der Waals surface area contributed by atoms with Gasteiger partial charge in [-0.05, 0) is 80.1 Å². The Bertz CT molecular complexity index is 2300. The summed E-state index contributed by atoms with van der Waals surface area (Å²) in [6, 6.07) is 5.48. The Morgan fingerprint density at radius 1 is 1.10 bits per heavy atom. The second kappa shape index (κ2) is 15.0. The minimum Gasteiger partial charge on any atom is -0.461 e. The molecule has 0 spiro atoms. The van der Waals surface area contributed by atoms with Crippen molar-refractivity contribution in [2.75, 3.05) is 64.6 Å². The number of nitrogens with one attached hydrogen (secondary N) is 1. The maximum absolute atomic E-state index is 17.5. The average Bonchev–Trinajstić information content (AvgIpc) is 3.69. The van der Waals surface area contributed by atoms with Crippen LogP contribution >= 0.6 is 0 Å². The van der Waals surface area contributed by atoms with E-state index in [-0.39, 0.29) is 105 Å². The zero-order valence-corrected chi connectivity index (χ0v) is 32.4. The summed E-state index contributed by atoms with van der Waals surface area (Å²) in [6.07, 6.45) is 0.453. The molecule has 1 N–H and O–H groups in total. The molecule has 2 aromatic carbocycles. The van der Waals surface area contributed by atoms with Crippen molar-refractivity contribution in [2.45, 2.75) is 81.3 Å². The van der Waals surface area contributed by atoms with E-state index in [4.69, 9.17) is 23.9 Å². The molecule has 17 heteroatoms. The van der Waals surface area contributed by atoms with Gasteiger partial charge >= 0.3 is 18.2 Å². The number of aryl methyl sites for hydroxylation is 1. The average molecular weight is 810 g/mol. The molecule has 6 aliphatic rings. The van der Waals surface area contributed by atoms with Gasteiger partial charge in [0.1, 0.15) is 47.5 Å². The van der Waals surface area contributed by atoms with Gasteiger partial charge < -0.3 is 34.1 Å². The molecule has 4 saturated heterocycles. The lowest BCUT2D eigenvalue weighted by Gasteiger charge is -2.42. The van der Waals surface area contributed by atoms with E-state index in [1.54, 1.807) is 25.0 Å². The lowest BCUT2D eigenvalue weighted by molar-refractivity contribution is 0.0322. The monoisotopic (exact) mass is 809 g/mol. The predicted molar refractivity (Wildman–Crippen MR) is 207 cm³/mol. The third kappa shape index (κ3) is 6.99. The number of methoxy groups -OCH3 is 1. The van der Waals surface area contributed by atoms with Crippen LogP contribution in [0.5, 0.6) is 11.8 Å². The predicted octanol–water partition coefficient (Wildman–Crippen LogP) is 6.52. The third-order valence-electron chi connectivity index (χ3n) is 12.4. The van der Waals surface area contributed by atoms with E-state index in [9.17, 15) is 14.0 Å².